The van der Waals surface area contributed by atoms with E-state index < -0.39 is 11.4 Å². The molecule has 0 bridgehead atoms. The number of hydrogen-bond donors (Lipinski definition) is 0. The molecule has 0 fully saturated rings. The van der Waals surface area contributed by atoms with Gasteiger partial charge in [0.15, 0.2) is 5.76 Å². The van der Waals surface area contributed by atoms with Gasteiger partial charge in [0.25, 0.3) is 0 Å². The van der Waals surface area contributed by atoms with Crippen LogP contribution in [0, 0.1) is 13.8 Å². The van der Waals surface area contributed by atoms with E-state index in [0.717, 1.165) is 11.1 Å². The third kappa shape index (κ3) is 5.06. The number of ether oxygens (including phenoxy) is 3. The summed E-state index contributed by atoms with van der Waals surface area (Å²) in [6.45, 7) is 3.98. The fourth-order valence-electron chi connectivity index (χ4n) is 3.36. The van der Waals surface area contributed by atoms with Crippen molar-refractivity contribution in [1.82, 2.24) is 0 Å². The lowest BCUT2D eigenvalue weighted by Crippen LogP contribution is -2.18. The van der Waals surface area contributed by atoms with Crippen LogP contribution in [0.15, 0.2) is 75.9 Å². The first kappa shape index (κ1) is 22.1. The Morgan fingerprint density at radius 2 is 1.55 bits per heavy atom. The first-order valence-corrected chi connectivity index (χ1v) is 10.6. The molecule has 0 aliphatic rings. The Morgan fingerprint density at radius 1 is 0.879 bits per heavy atom. The SMILES string of the molecule is COc1ccc(OCCC(=O)Oc2c(-c3ccc(C)cc3)oc3cc(C)ccc3c2=O)cc1. The Bertz CT molecular complexity index is 1330. The fraction of sp³-hybridized carbons (Fsp3) is 0.185. The highest BCUT2D eigenvalue weighted by Crippen LogP contribution is 2.31. The van der Waals surface area contributed by atoms with E-state index in [1.165, 1.54) is 0 Å². The van der Waals surface area contributed by atoms with Crippen LogP contribution in [0.5, 0.6) is 17.2 Å². The fourth-order valence-corrected chi connectivity index (χ4v) is 3.36. The Labute approximate surface area is 191 Å². The van der Waals surface area contributed by atoms with Crippen LogP contribution in [0.1, 0.15) is 17.5 Å². The Kier molecular flexibility index (Phi) is 6.45. The van der Waals surface area contributed by atoms with Crippen LogP contribution in [0.25, 0.3) is 22.3 Å². The highest BCUT2D eigenvalue weighted by Gasteiger charge is 2.20. The van der Waals surface area contributed by atoms with Crippen molar-refractivity contribution in [2.45, 2.75) is 20.3 Å². The van der Waals surface area contributed by atoms with Gasteiger partial charge in [0, 0.05) is 5.56 Å². The summed E-state index contributed by atoms with van der Waals surface area (Å²) in [5.41, 5.74) is 2.72. The van der Waals surface area contributed by atoms with Gasteiger partial charge in [0.2, 0.25) is 11.2 Å². The number of benzene rings is 3. The van der Waals surface area contributed by atoms with Gasteiger partial charge in [-0.25, -0.2) is 0 Å². The highest BCUT2D eigenvalue weighted by molar-refractivity contribution is 5.84. The summed E-state index contributed by atoms with van der Waals surface area (Å²) in [6.07, 6.45) is -0.0370. The molecule has 0 aliphatic carbocycles. The van der Waals surface area contributed by atoms with E-state index in [2.05, 4.69) is 0 Å². The molecule has 6 nitrogen and oxygen atoms in total. The topological polar surface area (TPSA) is 75.0 Å². The number of fused-ring (bicyclic) bond motifs is 1. The van der Waals surface area contributed by atoms with Gasteiger partial charge in [-0.2, -0.15) is 0 Å². The number of esters is 1. The lowest BCUT2D eigenvalue weighted by atomic mass is 10.1. The Balaban J connectivity index is 1.58. The number of aryl methyl sites for hydroxylation is 2. The zero-order valence-corrected chi connectivity index (χ0v) is 18.7. The summed E-state index contributed by atoms with van der Waals surface area (Å²) in [5.74, 6) is 0.830. The molecule has 4 rings (SSSR count). The van der Waals surface area contributed by atoms with Gasteiger partial charge >= 0.3 is 5.97 Å². The summed E-state index contributed by atoms with van der Waals surface area (Å²) < 4.78 is 22.3. The second kappa shape index (κ2) is 9.61. The number of rotatable bonds is 7. The molecule has 0 N–H and O–H groups in total. The van der Waals surface area contributed by atoms with E-state index in [4.69, 9.17) is 18.6 Å². The molecule has 0 amide bonds. The van der Waals surface area contributed by atoms with Crippen LogP contribution in [0.3, 0.4) is 0 Å². The molecule has 33 heavy (non-hydrogen) atoms. The summed E-state index contributed by atoms with van der Waals surface area (Å²) in [6, 6.07) is 19.8. The molecule has 0 radical (unpaired) electrons. The average molecular weight is 444 g/mol. The van der Waals surface area contributed by atoms with Crippen LogP contribution in [-0.4, -0.2) is 19.7 Å². The van der Waals surface area contributed by atoms with Crippen molar-refractivity contribution in [2.75, 3.05) is 13.7 Å². The van der Waals surface area contributed by atoms with E-state index >= 15 is 0 Å². The normalized spacial score (nSPS) is 10.8. The maximum Gasteiger partial charge on any atom is 0.314 e. The Hall–Kier alpha value is -4.06. The van der Waals surface area contributed by atoms with Crippen LogP contribution >= 0.6 is 0 Å². The number of carbonyl (C=O) groups is 1. The molecule has 0 atom stereocenters. The summed E-state index contributed by atoms with van der Waals surface area (Å²) in [5, 5.41) is 0.355. The van der Waals surface area contributed by atoms with Gasteiger partial charge in [-0.3, -0.25) is 9.59 Å². The summed E-state index contributed by atoms with van der Waals surface area (Å²) in [7, 11) is 1.58. The van der Waals surface area contributed by atoms with Gasteiger partial charge in [-0.05, 0) is 55.8 Å². The summed E-state index contributed by atoms with van der Waals surface area (Å²) in [4.78, 5) is 25.8. The van der Waals surface area contributed by atoms with Crippen LogP contribution in [-0.2, 0) is 4.79 Å². The molecular formula is C27H24O6. The second-order valence-corrected chi connectivity index (χ2v) is 7.70. The van der Waals surface area contributed by atoms with Crippen molar-refractivity contribution in [3.63, 3.8) is 0 Å². The maximum atomic E-state index is 13.2. The van der Waals surface area contributed by atoms with Crippen molar-refractivity contribution in [2.24, 2.45) is 0 Å². The van der Waals surface area contributed by atoms with Crippen LogP contribution in [0.2, 0.25) is 0 Å². The third-order valence-electron chi connectivity index (χ3n) is 5.17. The number of hydrogen-bond acceptors (Lipinski definition) is 6. The predicted molar refractivity (Wildman–Crippen MR) is 126 cm³/mol. The molecule has 0 spiro atoms. The van der Waals surface area contributed by atoms with Crippen molar-refractivity contribution in [3.05, 3.63) is 88.1 Å². The molecule has 0 saturated heterocycles. The van der Waals surface area contributed by atoms with Crippen molar-refractivity contribution in [1.29, 1.82) is 0 Å². The van der Waals surface area contributed by atoms with E-state index in [1.54, 1.807) is 43.5 Å². The lowest BCUT2D eigenvalue weighted by molar-refractivity contribution is -0.135. The van der Waals surface area contributed by atoms with Crippen molar-refractivity contribution < 1.29 is 23.4 Å². The molecule has 1 aromatic heterocycles. The van der Waals surface area contributed by atoms with Gasteiger partial charge in [-0.1, -0.05) is 35.9 Å². The minimum Gasteiger partial charge on any atom is -0.497 e. The molecule has 0 aliphatic heterocycles. The third-order valence-corrected chi connectivity index (χ3v) is 5.17. The lowest BCUT2D eigenvalue weighted by Gasteiger charge is -2.12. The van der Waals surface area contributed by atoms with Crippen molar-refractivity contribution >= 4 is 16.9 Å². The average Bonchev–Trinajstić information content (AvgIpc) is 2.81. The number of methoxy groups -OCH3 is 1. The van der Waals surface area contributed by atoms with Crippen LogP contribution in [0.4, 0.5) is 0 Å². The molecule has 1 heterocycles. The van der Waals surface area contributed by atoms with Gasteiger partial charge in [0.1, 0.15) is 17.1 Å². The molecule has 0 saturated carbocycles. The van der Waals surface area contributed by atoms with E-state index in [1.807, 2.05) is 44.2 Å². The largest absolute Gasteiger partial charge is 0.497 e. The summed E-state index contributed by atoms with van der Waals surface area (Å²) >= 11 is 0. The minimum atomic E-state index is -0.587. The van der Waals surface area contributed by atoms with E-state index in [0.29, 0.717) is 28.0 Å². The maximum absolute atomic E-state index is 13.2. The van der Waals surface area contributed by atoms with Gasteiger partial charge in [0.05, 0.1) is 25.5 Å². The zero-order chi connectivity index (χ0) is 23.4. The Morgan fingerprint density at radius 3 is 2.24 bits per heavy atom. The highest BCUT2D eigenvalue weighted by atomic mass is 16.5. The molecule has 3 aromatic carbocycles. The monoisotopic (exact) mass is 444 g/mol. The molecule has 0 unspecified atom stereocenters. The first-order valence-electron chi connectivity index (χ1n) is 10.6. The van der Waals surface area contributed by atoms with Crippen LogP contribution < -0.4 is 19.6 Å². The number of carbonyl (C=O) groups excluding carboxylic acids is 1. The first-order chi connectivity index (χ1) is 15.9. The van der Waals surface area contributed by atoms with E-state index in [9.17, 15) is 9.59 Å². The quantitative estimate of drug-likeness (QED) is 0.352. The predicted octanol–water partition coefficient (Wildman–Crippen LogP) is 5.46. The van der Waals surface area contributed by atoms with E-state index in [-0.39, 0.29) is 24.5 Å². The zero-order valence-electron chi connectivity index (χ0n) is 18.7. The molecule has 6 heteroatoms. The smallest absolute Gasteiger partial charge is 0.314 e. The second-order valence-electron chi connectivity index (χ2n) is 7.70. The van der Waals surface area contributed by atoms with Gasteiger partial charge in [-0.15, -0.1) is 0 Å². The molecule has 168 valence electrons. The van der Waals surface area contributed by atoms with Gasteiger partial charge < -0.3 is 18.6 Å². The molecule has 4 aromatic rings. The molecular weight excluding hydrogens is 420 g/mol. The van der Waals surface area contributed by atoms with Crippen molar-refractivity contribution in [3.8, 4) is 28.6 Å². The minimum absolute atomic E-state index is 0.0370. The standard InChI is InChI=1S/C27H24O6/c1-17-4-7-19(8-5-17)26-27(25(29)22-13-6-18(2)16-23(22)32-26)33-24(28)14-15-31-21-11-9-20(30-3)10-12-21/h4-13,16H,14-15H2,1-3H3.